The molecule has 2 fully saturated rings. The highest BCUT2D eigenvalue weighted by Gasteiger charge is 2.53. The third-order valence-electron chi connectivity index (χ3n) is 5.22. The van der Waals surface area contributed by atoms with Gasteiger partial charge in [0.1, 0.15) is 5.41 Å². The lowest BCUT2D eigenvalue weighted by atomic mass is 9.74. The van der Waals surface area contributed by atoms with Crippen molar-refractivity contribution in [3.05, 3.63) is 24.3 Å². The Morgan fingerprint density at radius 1 is 1.28 bits per heavy atom. The van der Waals surface area contributed by atoms with Gasteiger partial charge >= 0.3 is 5.97 Å². The van der Waals surface area contributed by atoms with E-state index in [1.165, 1.54) is 16.1 Å². The maximum Gasteiger partial charge on any atom is 0.313 e. The van der Waals surface area contributed by atoms with Crippen LogP contribution in [0.15, 0.2) is 34.1 Å². The van der Waals surface area contributed by atoms with E-state index in [2.05, 4.69) is 0 Å². The number of rotatable bonds is 6. The number of aliphatic hydroxyl groups is 1. The standard InChI is InChI=1S/C17H23NO5S2/c1-24-13-4-6-14(7-5-13)25(22,23)18-9-8-15(19)17(11-18,16(20)21)10-12-2-3-12/h4-7,12,15,19H,2-3,8-11H2,1H3,(H,20,21)/t15-,17-/m0/s1. The van der Waals surface area contributed by atoms with E-state index in [0.717, 1.165) is 17.7 Å². The van der Waals surface area contributed by atoms with Crippen LogP contribution in [-0.4, -0.2) is 54.4 Å². The maximum absolute atomic E-state index is 12.9. The van der Waals surface area contributed by atoms with Crippen molar-refractivity contribution in [2.45, 2.75) is 41.6 Å². The number of thioether (sulfide) groups is 1. The third kappa shape index (κ3) is 3.58. The van der Waals surface area contributed by atoms with Gasteiger partial charge in [-0.25, -0.2) is 8.42 Å². The lowest BCUT2D eigenvalue weighted by Gasteiger charge is -2.42. The number of piperidine rings is 1. The molecule has 0 unspecified atom stereocenters. The normalized spacial score (nSPS) is 28.0. The number of carboxylic acids is 1. The minimum absolute atomic E-state index is 0.132. The summed E-state index contributed by atoms with van der Waals surface area (Å²) < 4.78 is 27.1. The molecule has 2 N–H and O–H groups in total. The van der Waals surface area contributed by atoms with Crippen LogP contribution in [0.25, 0.3) is 0 Å². The Kier molecular flexibility index (Phi) is 5.16. The molecule has 0 radical (unpaired) electrons. The van der Waals surface area contributed by atoms with Crippen molar-refractivity contribution in [3.8, 4) is 0 Å². The smallest absolute Gasteiger partial charge is 0.313 e. The van der Waals surface area contributed by atoms with Gasteiger partial charge in [0.25, 0.3) is 0 Å². The van der Waals surface area contributed by atoms with Crippen LogP contribution >= 0.6 is 11.8 Å². The van der Waals surface area contributed by atoms with Gasteiger partial charge in [0.05, 0.1) is 11.0 Å². The second kappa shape index (κ2) is 6.90. The van der Waals surface area contributed by atoms with E-state index in [-0.39, 0.29) is 30.3 Å². The van der Waals surface area contributed by atoms with Gasteiger partial charge in [-0.15, -0.1) is 11.8 Å². The summed E-state index contributed by atoms with van der Waals surface area (Å²) in [5.74, 6) is -0.834. The first-order valence-corrected chi connectivity index (χ1v) is 11.0. The molecule has 1 aliphatic carbocycles. The van der Waals surface area contributed by atoms with Crippen LogP contribution in [0, 0.1) is 11.3 Å². The Morgan fingerprint density at radius 2 is 1.92 bits per heavy atom. The number of benzene rings is 1. The summed E-state index contributed by atoms with van der Waals surface area (Å²) in [6.45, 7) is -0.0416. The molecule has 0 aromatic heterocycles. The molecule has 1 aliphatic heterocycles. The minimum atomic E-state index is -3.78. The van der Waals surface area contributed by atoms with Crippen molar-refractivity contribution in [1.29, 1.82) is 0 Å². The Labute approximate surface area is 152 Å². The molecule has 25 heavy (non-hydrogen) atoms. The molecule has 1 saturated carbocycles. The minimum Gasteiger partial charge on any atom is -0.481 e. The fourth-order valence-corrected chi connectivity index (χ4v) is 5.41. The summed E-state index contributed by atoms with van der Waals surface area (Å²) in [7, 11) is -3.78. The van der Waals surface area contributed by atoms with Crippen LogP contribution in [0.2, 0.25) is 0 Å². The average molecular weight is 386 g/mol. The predicted octanol–water partition coefficient (Wildman–Crippen LogP) is 2.03. The summed E-state index contributed by atoms with van der Waals surface area (Å²) in [5, 5.41) is 20.2. The van der Waals surface area contributed by atoms with Crippen LogP contribution in [0.3, 0.4) is 0 Å². The lowest BCUT2D eigenvalue weighted by molar-refractivity contribution is -0.162. The third-order valence-corrected chi connectivity index (χ3v) is 7.82. The van der Waals surface area contributed by atoms with Crippen molar-refractivity contribution < 1.29 is 23.4 Å². The van der Waals surface area contributed by atoms with Crippen LogP contribution in [0.5, 0.6) is 0 Å². The van der Waals surface area contributed by atoms with Gasteiger partial charge < -0.3 is 10.2 Å². The van der Waals surface area contributed by atoms with Crippen LogP contribution in [-0.2, 0) is 14.8 Å². The van der Waals surface area contributed by atoms with Gasteiger partial charge in [0.2, 0.25) is 10.0 Å². The van der Waals surface area contributed by atoms with Crippen molar-refractivity contribution in [3.63, 3.8) is 0 Å². The Bertz CT molecular complexity index is 745. The highest BCUT2D eigenvalue weighted by Crippen LogP contribution is 2.45. The molecule has 1 aromatic rings. The van der Waals surface area contributed by atoms with Gasteiger partial charge in [-0.3, -0.25) is 4.79 Å². The SMILES string of the molecule is CSc1ccc(S(=O)(=O)N2CC[C@H](O)[C@@](CC3CC3)(C(=O)O)C2)cc1. The fourth-order valence-electron chi connectivity index (χ4n) is 3.48. The molecule has 0 bridgehead atoms. The summed E-state index contributed by atoms with van der Waals surface area (Å²) in [6, 6.07) is 6.58. The van der Waals surface area contributed by atoms with E-state index in [9.17, 15) is 23.4 Å². The molecule has 2 atom stereocenters. The van der Waals surface area contributed by atoms with Gasteiger partial charge in [0, 0.05) is 18.0 Å². The second-order valence-electron chi connectivity index (χ2n) is 6.93. The van der Waals surface area contributed by atoms with Crippen LogP contribution in [0.4, 0.5) is 0 Å². The largest absolute Gasteiger partial charge is 0.481 e. The molecule has 3 rings (SSSR count). The Hall–Kier alpha value is -1.09. The number of hydrogen-bond donors (Lipinski definition) is 2. The van der Waals surface area contributed by atoms with E-state index in [1.807, 2.05) is 6.26 Å². The molecule has 1 heterocycles. The number of carbonyl (C=O) groups is 1. The lowest BCUT2D eigenvalue weighted by Crippen LogP contribution is -2.57. The monoisotopic (exact) mass is 385 g/mol. The summed E-state index contributed by atoms with van der Waals surface area (Å²) in [4.78, 5) is 13.1. The van der Waals surface area contributed by atoms with Gasteiger partial charge in [-0.05, 0) is 49.3 Å². The first-order chi connectivity index (χ1) is 11.8. The van der Waals surface area contributed by atoms with E-state index in [4.69, 9.17) is 0 Å². The molecular weight excluding hydrogens is 362 g/mol. The summed E-state index contributed by atoms with van der Waals surface area (Å²) in [5.41, 5.74) is -1.41. The van der Waals surface area contributed by atoms with Crippen molar-refractivity contribution in [2.75, 3.05) is 19.3 Å². The zero-order valence-electron chi connectivity index (χ0n) is 14.1. The number of nitrogens with zero attached hydrogens (tertiary/aromatic N) is 1. The number of hydrogen-bond acceptors (Lipinski definition) is 5. The highest BCUT2D eigenvalue weighted by molar-refractivity contribution is 7.98. The van der Waals surface area contributed by atoms with Gasteiger partial charge in [-0.1, -0.05) is 12.8 Å². The van der Waals surface area contributed by atoms with Crippen molar-refractivity contribution in [1.82, 2.24) is 4.31 Å². The van der Waals surface area contributed by atoms with Crippen molar-refractivity contribution in [2.24, 2.45) is 11.3 Å². The average Bonchev–Trinajstić information content (AvgIpc) is 3.40. The molecular formula is C17H23NO5S2. The maximum atomic E-state index is 12.9. The predicted molar refractivity (Wildman–Crippen MR) is 95.0 cm³/mol. The fraction of sp³-hybridized carbons (Fsp3) is 0.588. The highest BCUT2D eigenvalue weighted by atomic mass is 32.2. The van der Waals surface area contributed by atoms with Gasteiger partial charge in [0.15, 0.2) is 0 Å². The van der Waals surface area contributed by atoms with Crippen LogP contribution < -0.4 is 0 Å². The first-order valence-electron chi connectivity index (χ1n) is 8.35. The topological polar surface area (TPSA) is 94.9 Å². The Morgan fingerprint density at radius 3 is 2.44 bits per heavy atom. The summed E-state index contributed by atoms with van der Waals surface area (Å²) in [6.07, 6.45) is 3.27. The van der Waals surface area contributed by atoms with Gasteiger partial charge in [-0.2, -0.15) is 4.31 Å². The quantitative estimate of drug-likeness (QED) is 0.728. The number of carboxylic acid groups (broad SMARTS) is 1. The molecule has 1 saturated heterocycles. The number of aliphatic carboxylic acids is 1. The van der Waals surface area contributed by atoms with E-state index < -0.39 is 27.5 Å². The van der Waals surface area contributed by atoms with Crippen LogP contribution in [0.1, 0.15) is 25.7 Å². The second-order valence-corrected chi connectivity index (χ2v) is 9.74. The van der Waals surface area contributed by atoms with E-state index >= 15 is 0 Å². The first kappa shape index (κ1) is 18.7. The Balaban J connectivity index is 1.89. The molecule has 6 nitrogen and oxygen atoms in total. The van der Waals surface area contributed by atoms with E-state index in [1.54, 1.807) is 24.3 Å². The molecule has 2 aliphatic rings. The zero-order valence-corrected chi connectivity index (χ0v) is 15.7. The molecule has 0 amide bonds. The summed E-state index contributed by atoms with van der Waals surface area (Å²) >= 11 is 1.52. The molecule has 138 valence electrons. The number of sulfonamides is 1. The van der Waals surface area contributed by atoms with Crippen molar-refractivity contribution >= 4 is 27.8 Å². The molecule has 0 spiro atoms. The number of aliphatic hydroxyl groups excluding tert-OH is 1. The zero-order chi connectivity index (χ0) is 18.2. The molecule has 1 aromatic carbocycles. The molecule has 8 heteroatoms. The van der Waals surface area contributed by atoms with E-state index in [0.29, 0.717) is 6.42 Å².